The van der Waals surface area contributed by atoms with E-state index in [9.17, 15) is 9.59 Å². The minimum atomic E-state index is 0.0448. The Labute approximate surface area is 138 Å². The first-order valence-corrected chi connectivity index (χ1v) is 8.36. The molecule has 5 heteroatoms. The average Bonchev–Trinajstić information content (AvgIpc) is 2.60. The van der Waals surface area contributed by atoms with Gasteiger partial charge < -0.3 is 15.0 Å². The number of hydrogen-bond donors (Lipinski definition) is 1. The number of hydrogen-bond acceptors (Lipinski definition) is 3. The van der Waals surface area contributed by atoms with Crippen LogP contribution in [-0.4, -0.2) is 43.0 Å². The zero-order chi connectivity index (χ0) is 16.7. The third kappa shape index (κ3) is 4.98. The molecule has 0 saturated carbocycles. The van der Waals surface area contributed by atoms with E-state index >= 15 is 0 Å². The van der Waals surface area contributed by atoms with Crippen LogP contribution >= 0.6 is 0 Å². The Morgan fingerprint density at radius 3 is 2.43 bits per heavy atom. The van der Waals surface area contributed by atoms with Crippen LogP contribution in [0, 0.1) is 0 Å². The topological polar surface area (TPSA) is 58.6 Å². The number of methoxy groups -OCH3 is 1. The smallest absolute Gasteiger partial charge is 0.253 e. The standard InChI is InChI=1S/C18H26N2O3/c1-3-4-5-17(21)19-15-10-12-20(13-11-15)18(22)14-6-8-16(23-2)9-7-14/h6-9,15H,3-5,10-13H2,1-2H3,(H,19,21). The molecular formula is C18H26N2O3. The van der Waals surface area contributed by atoms with E-state index in [2.05, 4.69) is 12.2 Å². The van der Waals surface area contributed by atoms with Crippen LogP contribution in [0.25, 0.3) is 0 Å². The molecule has 0 unspecified atom stereocenters. The van der Waals surface area contributed by atoms with E-state index in [0.717, 1.165) is 31.4 Å². The van der Waals surface area contributed by atoms with Gasteiger partial charge in [-0.25, -0.2) is 0 Å². The number of rotatable bonds is 6. The van der Waals surface area contributed by atoms with Gasteiger partial charge in [-0.3, -0.25) is 9.59 Å². The largest absolute Gasteiger partial charge is 0.497 e. The Balaban J connectivity index is 1.81. The summed E-state index contributed by atoms with van der Waals surface area (Å²) in [6, 6.07) is 7.38. The van der Waals surface area contributed by atoms with E-state index in [1.165, 1.54) is 0 Å². The van der Waals surface area contributed by atoms with E-state index < -0.39 is 0 Å². The van der Waals surface area contributed by atoms with Crippen molar-refractivity contribution in [2.45, 2.75) is 45.1 Å². The Morgan fingerprint density at radius 2 is 1.87 bits per heavy atom. The minimum absolute atomic E-state index is 0.0448. The monoisotopic (exact) mass is 318 g/mol. The lowest BCUT2D eigenvalue weighted by Gasteiger charge is -2.32. The maximum absolute atomic E-state index is 12.5. The number of benzene rings is 1. The third-order valence-electron chi connectivity index (χ3n) is 4.24. The van der Waals surface area contributed by atoms with Crippen molar-refractivity contribution >= 4 is 11.8 Å². The van der Waals surface area contributed by atoms with Crippen molar-refractivity contribution in [3.8, 4) is 5.75 Å². The normalized spacial score (nSPS) is 15.3. The first-order valence-electron chi connectivity index (χ1n) is 8.36. The first kappa shape index (κ1) is 17.3. The maximum Gasteiger partial charge on any atom is 0.253 e. The summed E-state index contributed by atoms with van der Waals surface area (Å²) in [5.41, 5.74) is 0.677. The van der Waals surface area contributed by atoms with Crippen LogP contribution in [0.15, 0.2) is 24.3 Å². The van der Waals surface area contributed by atoms with Gasteiger partial charge in [0.1, 0.15) is 5.75 Å². The summed E-state index contributed by atoms with van der Waals surface area (Å²) in [7, 11) is 1.61. The summed E-state index contributed by atoms with van der Waals surface area (Å²) in [6.07, 6.45) is 4.20. The highest BCUT2D eigenvalue weighted by molar-refractivity contribution is 5.94. The SMILES string of the molecule is CCCCC(=O)NC1CCN(C(=O)c2ccc(OC)cc2)CC1. The molecule has 2 amide bonds. The molecule has 1 aromatic rings. The zero-order valence-electron chi connectivity index (χ0n) is 14.0. The number of nitrogens with zero attached hydrogens (tertiary/aromatic N) is 1. The second-order valence-corrected chi connectivity index (χ2v) is 5.97. The number of nitrogens with one attached hydrogen (secondary N) is 1. The predicted octanol–water partition coefficient (Wildman–Crippen LogP) is 2.61. The van der Waals surface area contributed by atoms with Gasteiger partial charge in [-0.05, 0) is 43.5 Å². The van der Waals surface area contributed by atoms with E-state index in [4.69, 9.17) is 4.74 Å². The van der Waals surface area contributed by atoms with Gasteiger partial charge in [-0.2, -0.15) is 0 Å². The summed E-state index contributed by atoms with van der Waals surface area (Å²) in [5.74, 6) is 0.922. The van der Waals surface area contributed by atoms with E-state index in [0.29, 0.717) is 25.1 Å². The van der Waals surface area contributed by atoms with Crippen molar-refractivity contribution in [3.63, 3.8) is 0 Å². The quantitative estimate of drug-likeness (QED) is 0.877. The van der Waals surface area contributed by atoms with Crippen molar-refractivity contribution in [3.05, 3.63) is 29.8 Å². The van der Waals surface area contributed by atoms with Crippen LogP contribution < -0.4 is 10.1 Å². The molecule has 0 bridgehead atoms. The molecular weight excluding hydrogens is 292 g/mol. The van der Waals surface area contributed by atoms with Crippen LogP contribution in [0.4, 0.5) is 0 Å². The van der Waals surface area contributed by atoms with Crippen LogP contribution in [0.2, 0.25) is 0 Å². The summed E-state index contributed by atoms with van der Waals surface area (Å²) < 4.78 is 5.11. The van der Waals surface area contributed by atoms with Crippen molar-refractivity contribution in [2.24, 2.45) is 0 Å². The average molecular weight is 318 g/mol. The lowest BCUT2D eigenvalue weighted by molar-refractivity contribution is -0.122. The van der Waals surface area contributed by atoms with Crippen LogP contribution in [-0.2, 0) is 4.79 Å². The highest BCUT2D eigenvalue weighted by Crippen LogP contribution is 2.17. The molecule has 1 aliphatic heterocycles. The third-order valence-corrected chi connectivity index (χ3v) is 4.24. The Bertz CT molecular complexity index is 520. The number of unbranched alkanes of at least 4 members (excludes halogenated alkanes) is 1. The van der Waals surface area contributed by atoms with Crippen LogP contribution in [0.1, 0.15) is 49.4 Å². The van der Waals surface area contributed by atoms with E-state index in [1.54, 1.807) is 31.4 Å². The molecule has 0 aliphatic carbocycles. The van der Waals surface area contributed by atoms with E-state index in [1.807, 2.05) is 4.90 Å². The Hall–Kier alpha value is -2.04. The number of ether oxygens (including phenoxy) is 1. The molecule has 0 atom stereocenters. The molecule has 1 aromatic carbocycles. The Morgan fingerprint density at radius 1 is 1.22 bits per heavy atom. The first-order chi connectivity index (χ1) is 11.1. The highest BCUT2D eigenvalue weighted by atomic mass is 16.5. The molecule has 1 aliphatic rings. The van der Waals surface area contributed by atoms with E-state index in [-0.39, 0.29) is 17.9 Å². The number of carbonyl (C=O) groups is 2. The maximum atomic E-state index is 12.5. The fraction of sp³-hybridized carbons (Fsp3) is 0.556. The number of carbonyl (C=O) groups excluding carboxylic acids is 2. The van der Waals surface area contributed by atoms with Gasteiger partial charge in [-0.15, -0.1) is 0 Å². The fourth-order valence-electron chi connectivity index (χ4n) is 2.78. The molecule has 0 spiro atoms. The summed E-state index contributed by atoms with van der Waals surface area (Å²) in [5, 5.41) is 3.07. The number of amides is 2. The molecule has 2 rings (SSSR count). The predicted molar refractivity (Wildman–Crippen MR) is 89.6 cm³/mol. The van der Waals surface area contributed by atoms with Gasteiger partial charge in [0.2, 0.25) is 5.91 Å². The second-order valence-electron chi connectivity index (χ2n) is 5.97. The molecule has 0 radical (unpaired) electrons. The minimum Gasteiger partial charge on any atom is -0.497 e. The molecule has 126 valence electrons. The van der Waals surface area contributed by atoms with Gasteiger partial charge in [0.25, 0.3) is 5.91 Å². The van der Waals surface area contributed by atoms with Crippen LogP contribution in [0.3, 0.4) is 0 Å². The van der Waals surface area contributed by atoms with Crippen LogP contribution in [0.5, 0.6) is 5.75 Å². The Kier molecular flexibility index (Phi) is 6.44. The van der Waals surface area contributed by atoms with Crippen molar-refractivity contribution in [1.82, 2.24) is 10.2 Å². The lowest BCUT2D eigenvalue weighted by atomic mass is 10.0. The summed E-state index contributed by atoms with van der Waals surface area (Å²) in [4.78, 5) is 26.1. The highest BCUT2D eigenvalue weighted by Gasteiger charge is 2.24. The van der Waals surface area contributed by atoms with Crippen molar-refractivity contribution in [1.29, 1.82) is 0 Å². The lowest BCUT2D eigenvalue weighted by Crippen LogP contribution is -2.46. The van der Waals surface area contributed by atoms with Crippen molar-refractivity contribution in [2.75, 3.05) is 20.2 Å². The van der Waals surface area contributed by atoms with Gasteiger partial charge >= 0.3 is 0 Å². The van der Waals surface area contributed by atoms with Gasteiger partial charge in [0, 0.05) is 31.1 Å². The molecule has 1 heterocycles. The number of piperidine rings is 1. The molecule has 0 aromatic heterocycles. The summed E-state index contributed by atoms with van der Waals surface area (Å²) >= 11 is 0. The molecule has 23 heavy (non-hydrogen) atoms. The number of likely N-dealkylation sites (tertiary alicyclic amines) is 1. The molecule has 5 nitrogen and oxygen atoms in total. The van der Waals surface area contributed by atoms with Gasteiger partial charge in [0.05, 0.1) is 7.11 Å². The van der Waals surface area contributed by atoms with Crippen molar-refractivity contribution < 1.29 is 14.3 Å². The fourth-order valence-corrected chi connectivity index (χ4v) is 2.78. The van der Waals surface area contributed by atoms with Gasteiger partial charge in [-0.1, -0.05) is 13.3 Å². The summed E-state index contributed by atoms with van der Waals surface area (Å²) in [6.45, 7) is 3.45. The van der Waals surface area contributed by atoms with Gasteiger partial charge in [0.15, 0.2) is 0 Å². The second kappa shape index (κ2) is 8.56. The molecule has 1 N–H and O–H groups in total. The molecule has 1 saturated heterocycles. The zero-order valence-corrected chi connectivity index (χ0v) is 14.0. The molecule has 1 fully saturated rings.